The third kappa shape index (κ3) is 4.69. The molecular formula is C24H37N3O3S. The molecule has 1 N–H and O–H groups in total. The van der Waals surface area contributed by atoms with Crippen LogP contribution >= 0.6 is 0 Å². The van der Waals surface area contributed by atoms with Gasteiger partial charge in [0.2, 0.25) is 15.9 Å². The summed E-state index contributed by atoms with van der Waals surface area (Å²) in [6.45, 7) is 1.51. The Bertz CT molecular complexity index is 899. The first-order valence-corrected chi connectivity index (χ1v) is 13.3. The molecule has 0 spiro atoms. The van der Waals surface area contributed by atoms with Crippen LogP contribution in [0.3, 0.4) is 0 Å². The van der Waals surface area contributed by atoms with Crippen molar-refractivity contribution in [3.8, 4) is 0 Å². The monoisotopic (exact) mass is 447 g/mol. The zero-order chi connectivity index (χ0) is 22.1. The van der Waals surface area contributed by atoms with Gasteiger partial charge < -0.3 is 10.2 Å². The Morgan fingerprint density at radius 3 is 2.35 bits per heavy atom. The molecule has 31 heavy (non-hydrogen) atoms. The van der Waals surface area contributed by atoms with Gasteiger partial charge in [-0.1, -0.05) is 18.9 Å². The number of sulfonamides is 1. The lowest BCUT2D eigenvalue weighted by Crippen LogP contribution is -2.52. The second-order valence-corrected chi connectivity index (χ2v) is 11.8. The van der Waals surface area contributed by atoms with E-state index in [1.165, 1.54) is 30.4 Å². The van der Waals surface area contributed by atoms with E-state index >= 15 is 0 Å². The largest absolute Gasteiger partial charge is 0.354 e. The number of piperidine rings is 1. The maximum absolute atomic E-state index is 13.2. The predicted molar refractivity (Wildman–Crippen MR) is 122 cm³/mol. The summed E-state index contributed by atoms with van der Waals surface area (Å²) in [5.41, 5.74) is 2.55. The number of rotatable bonds is 6. The molecule has 1 aromatic carbocycles. The number of nitrogens with zero attached hydrogens (tertiary/aromatic N) is 2. The molecule has 0 aromatic heterocycles. The van der Waals surface area contributed by atoms with Crippen LogP contribution in [0.25, 0.3) is 0 Å². The second-order valence-electron chi connectivity index (χ2n) is 9.86. The fraction of sp³-hybridized carbons (Fsp3) is 0.708. The van der Waals surface area contributed by atoms with E-state index in [4.69, 9.17) is 0 Å². The van der Waals surface area contributed by atoms with Gasteiger partial charge in [0.15, 0.2) is 0 Å². The number of hydrogen-bond acceptors (Lipinski definition) is 4. The minimum Gasteiger partial charge on any atom is -0.354 e. The Hall–Kier alpha value is -1.44. The highest BCUT2D eigenvalue weighted by atomic mass is 32.2. The highest BCUT2D eigenvalue weighted by molar-refractivity contribution is 7.89. The summed E-state index contributed by atoms with van der Waals surface area (Å²) in [5.74, 6) is -0.0189. The molecule has 6 nitrogen and oxygen atoms in total. The van der Waals surface area contributed by atoms with Crippen LogP contribution in [0.2, 0.25) is 0 Å². The number of likely N-dealkylation sites (N-methyl/N-ethyl adjacent to an activating group) is 1. The average molecular weight is 448 g/mol. The molecule has 2 fully saturated rings. The van der Waals surface area contributed by atoms with Gasteiger partial charge >= 0.3 is 0 Å². The normalized spacial score (nSPS) is 22.4. The first kappa shape index (κ1) is 22.7. The third-order valence-electron chi connectivity index (χ3n) is 7.86. The predicted octanol–water partition coefficient (Wildman–Crippen LogP) is 2.96. The van der Waals surface area contributed by atoms with Gasteiger partial charge in [-0.2, -0.15) is 4.31 Å². The van der Waals surface area contributed by atoms with Crippen molar-refractivity contribution in [3.05, 3.63) is 29.3 Å². The SMILES string of the molecule is CN(C)C1(CNC(=O)C2CCN(S(=O)(=O)c3ccc4c(c3)CCCC4)CC2)CCCC1. The van der Waals surface area contributed by atoms with E-state index in [-0.39, 0.29) is 17.4 Å². The van der Waals surface area contributed by atoms with Gasteiger partial charge in [0, 0.05) is 31.1 Å². The summed E-state index contributed by atoms with van der Waals surface area (Å²) in [5, 5.41) is 3.19. The molecule has 1 aromatic rings. The van der Waals surface area contributed by atoms with Gasteiger partial charge in [-0.25, -0.2) is 8.42 Å². The van der Waals surface area contributed by atoms with E-state index in [0.717, 1.165) is 32.1 Å². The topological polar surface area (TPSA) is 69.7 Å². The van der Waals surface area contributed by atoms with E-state index in [2.05, 4.69) is 24.3 Å². The van der Waals surface area contributed by atoms with Crippen molar-refractivity contribution in [2.75, 3.05) is 33.7 Å². The molecule has 1 saturated heterocycles. The highest BCUT2D eigenvalue weighted by Gasteiger charge is 2.37. The van der Waals surface area contributed by atoms with Crippen LogP contribution in [0.1, 0.15) is 62.5 Å². The van der Waals surface area contributed by atoms with E-state index in [0.29, 0.717) is 37.4 Å². The minimum absolute atomic E-state index is 0.0755. The van der Waals surface area contributed by atoms with Gasteiger partial charge in [-0.05, 0) is 88.7 Å². The molecule has 172 valence electrons. The number of nitrogens with one attached hydrogen (secondary N) is 1. The van der Waals surface area contributed by atoms with Crippen molar-refractivity contribution in [2.24, 2.45) is 5.92 Å². The Balaban J connectivity index is 1.34. The zero-order valence-corrected chi connectivity index (χ0v) is 19.8. The molecular weight excluding hydrogens is 410 g/mol. The third-order valence-corrected chi connectivity index (χ3v) is 9.75. The van der Waals surface area contributed by atoms with Gasteiger partial charge in [0.1, 0.15) is 0 Å². The Morgan fingerprint density at radius 1 is 1.06 bits per heavy atom. The highest BCUT2D eigenvalue weighted by Crippen LogP contribution is 2.33. The van der Waals surface area contributed by atoms with Crippen molar-refractivity contribution < 1.29 is 13.2 Å². The van der Waals surface area contributed by atoms with Crippen molar-refractivity contribution in [1.82, 2.24) is 14.5 Å². The van der Waals surface area contributed by atoms with Gasteiger partial charge in [0.05, 0.1) is 4.90 Å². The number of fused-ring (bicyclic) bond motifs is 1. The fourth-order valence-corrected chi connectivity index (χ4v) is 7.11. The summed E-state index contributed by atoms with van der Waals surface area (Å²) in [4.78, 5) is 15.5. The zero-order valence-electron chi connectivity index (χ0n) is 19.0. The second kappa shape index (κ2) is 9.20. The summed E-state index contributed by atoms with van der Waals surface area (Å²) in [7, 11) is 0.701. The number of hydrogen-bond donors (Lipinski definition) is 1. The van der Waals surface area contributed by atoms with E-state index < -0.39 is 10.0 Å². The molecule has 4 rings (SSSR count). The minimum atomic E-state index is -3.50. The van der Waals surface area contributed by atoms with Gasteiger partial charge in [0.25, 0.3) is 0 Å². The first-order chi connectivity index (χ1) is 14.8. The lowest BCUT2D eigenvalue weighted by Gasteiger charge is -2.37. The molecule has 0 unspecified atom stereocenters. The summed E-state index contributed by atoms with van der Waals surface area (Å²) in [6.07, 6.45) is 10.2. The van der Waals surface area contributed by atoms with Crippen molar-refractivity contribution >= 4 is 15.9 Å². The lowest BCUT2D eigenvalue weighted by atomic mass is 9.92. The molecule has 1 amide bonds. The summed E-state index contributed by atoms with van der Waals surface area (Å²) < 4.78 is 27.9. The molecule has 0 radical (unpaired) electrons. The molecule has 7 heteroatoms. The Morgan fingerprint density at radius 2 is 1.71 bits per heavy atom. The maximum atomic E-state index is 13.2. The lowest BCUT2D eigenvalue weighted by molar-refractivity contribution is -0.126. The Labute approximate surface area is 187 Å². The van der Waals surface area contributed by atoms with Crippen LogP contribution in [-0.2, 0) is 27.7 Å². The number of amides is 1. The van der Waals surface area contributed by atoms with Gasteiger partial charge in [-0.3, -0.25) is 4.79 Å². The molecule has 1 heterocycles. The van der Waals surface area contributed by atoms with Crippen molar-refractivity contribution in [1.29, 1.82) is 0 Å². The van der Waals surface area contributed by atoms with E-state index in [1.807, 2.05) is 12.1 Å². The van der Waals surface area contributed by atoms with Crippen LogP contribution in [0.4, 0.5) is 0 Å². The van der Waals surface area contributed by atoms with Crippen molar-refractivity contribution in [3.63, 3.8) is 0 Å². The summed E-state index contributed by atoms with van der Waals surface area (Å²) >= 11 is 0. The maximum Gasteiger partial charge on any atom is 0.243 e. The average Bonchev–Trinajstić information content (AvgIpc) is 3.28. The first-order valence-electron chi connectivity index (χ1n) is 11.9. The summed E-state index contributed by atoms with van der Waals surface area (Å²) in [6, 6.07) is 5.64. The molecule has 1 saturated carbocycles. The van der Waals surface area contributed by atoms with Crippen LogP contribution in [0.15, 0.2) is 23.1 Å². The fourth-order valence-electron chi connectivity index (χ4n) is 5.59. The number of aryl methyl sites for hydroxylation is 2. The molecule has 1 aliphatic heterocycles. The van der Waals surface area contributed by atoms with E-state index in [9.17, 15) is 13.2 Å². The van der Waals surface area contributed by atoms with Gasteiger partial charge in [-0.15, -0.1) is 0 Å². The smallest absolute Gasteiger partial charge is 0.243 e. The van der Waals surface area contributed by atoms with Crippen LogP contribution in [0.5, 0.6) is 0 Å². The van der Waals surface area contributed by atoms with Crippen molar-refractivity contribution in [2.45, 2.75) is 74.6 Å². The molecule has 3 aliphatic rings. The van der Waals surface area contributed by atoms with Crippen LogP contribution in [0, 0.1) is 5.92 Å². The number of carbonyl (C=O) groups is 1. The quantitative estimate of drug-likeness (QED) is 0.728. The molecule has 2 aliphatic carbocycles. The van der Waals surface area contributed by atoms with E-state index in [1.54, 1.807) is 10.4 Å². The Kier molecular flexibility index (Phi) is 6.75. The molecule has 0 bridgehead atoms. The standard InChI is InChI=1S/C24H37N3O3S/c1-26(2)24(13-5-6-14-24)18-25-23(28)20-11-15-27(16-12-20)31(29,30)22-10-9-19-7-3-4-8-21(19)17-22/h9-10,17,20H,3-8,11-16,18H2,1-2H3,(H,25,28). The van der Waals surface area contributed by atoms with Crippen LogP contribution < -0.4 is 5.32 Å². The number of benzene rings is 1. The molecule has 0 atom stereocenters. The number of carbonyl (C=O) groups excluding carboxylic acids is 1. The van der Waals surface area contributed by atoms with Crippen LogP contribution in [-0.4, -0.2) is 62.8 Å².